The Bertz CT molecular complexity index is 3450. The van der Waals surface area contributed by atoms with Gasteiger partial charge < -0.3 is 13.6 Å². The minimum atomic E-state index is 0.675. The number of benzene rings is 8. The molecule has 0 saturated carbocycles. The molecule has 0 N–H and O–H groups in total. The molecule has 8 aromatic carbocycles. The third-order valence-corrected chi connectivity index (χ3v) is 11.3. The van der Waals surface area contributed by atoms with Gasteiger partial charge >= 0.3 is 0 Å². The summed E-state index contributed by atoms with van der Waals surface area (Å²) in [5.41, 5.74) is 13.3. The zero-order valence-corrected chi connectivity index (χ0v) is 30.7. The van der Waals surface area contributed by atoms with Crippen molar-refractivity contribution in [3.05, 3.63) is 194 Å². The Kier molecular flexibility index (Phi) is 6.86. The SMILES string of the molecule is c1ccc(-c2cc(-c3ccccc3)nc(-c3cccc(-n4c5ccc6oc7ccccc7c6c5c5c6c7ccccc7n(-c7ccccc7)c6ccc54)c3)n2)cc1. The van der Waals surface area contributed by atoms with E-state index in [9.17, 15) is 0 Å². The normalized spacial score (nSPS) is 11.9. The number of rotatable bonds is 5. The molecular formula is C52H32N4O. The van der Waals surface area contributed by atoms with Gasteiger partial charge in [0.1, 0.15) is 11.2 Å². The third-order valence-electron chi connectivity index (χ3n) is 11.3. The monoisotopic (exact) mass is 728 g/mol. The van der Waals surface area contributed by atoms with E-state index in [1.54, 1.807) is 0 Å². The molecule has 0 bridgehead atoms. The summed E-state index contributed by atoms with van der Waals surface area (Å²) >= 11 is 0. The Hall–Kier alpha value is -7.76. The molecule has 0 saturated heterocycles. The summed E-state index contributed by atoms with van der Waals surface area (Å²) in [6, 6.07) is 68.2. The highest BCUT2D eigenvalue weighted by Gasteiger charge is 2.24. The molecule has 4 aromatic heterocycles. The average Bonchev–Trinajstić information content (AvgIpc) is 3.95. The number of nitrogens with zero attached hydrogens (tertiary/aromatic N) is 4. The van der Waals surface area contributed by atoms with E-state index >= 15 is 0 Å². The summed E-state index contributed by atoms with van der Waals surface area (Å²) in [6.07, 6.45) is 0. The lowest BCUT2D eigenvalue weighted by Gasteiger charge is -2.12. The van der Waals surface area contributed by atoms with E-state index in [1.165, 1.54) is 27.1 Å². The van der Waals surface area contributed by atoms with Gasteiger partial charge in [0.2, 0.25) is 0 Å². The maximum absolute atomic E-state index is 6.54. The molecule has 0 fully saturated rings. The summed E-state index contributed by atoms with van der Waals surface area (Å²) in [5.74, 6) is 0.675. The van der Waals surface area contributed by atoms with Gasteiger partial charge in [-0.15, -0.1) is 0 Å². The van der Waals surface area contributed by atoms with Gasteiger partial charge in [-0.2, -0.15) is 0 Å². The number of furan rings is 1. The zero-order valence-electron chi connectivity index (χ0n) is 30.7. The summed E-state index contributed by atoms with van der Waals surface area (Å²) in [4.78, 5) is 10.4. The smallest absolute Gasteiger partial charge is 0.160 e. The van der Waals surface area contributed by atoms with Gasteiger partial charge in [0.05, 0.1) is 33.5 Å². The van der Waals surface area contributed by atoms with Crippen LogP contribution in [0.5, 0.6) is 0 Å². The molecule has 0 aliphatic heterocycles. The predicted molar refractivity (Wildman–Crippen MR) is 234 cm³/mol. The second kappa shape index (κ2) is 12.4. The Morgan fingerprint density at radius 1 is 0.333 bits per heavy atom. The van der Waals surface area contributed by atoms with Crippen LogP contribution in [0.25, 0.3) is 111 Å². The van der Waals surface area contributed by atoms with E-state index in [0.717, 1.165) is 77.9 Å². The second-order valence-electron chi connectivity index (χ2n) is 14.6. The topological polar surface area (TPSA) is 48.8 Å². The molecule has 0 aliphatic carbocycles. The molecule has 12 rings (SSSR count). The van der Waals surface area contributed by atoms with Crippen molar-refractivity contribution in [1.82, 2.24) is 19.1 Å². The lowest BCUT2D eigenvalue weighted by atomic mass is 10.0. The summed E-state index contributed by atoms with van der Waals surface area (Å²) in [5, 5.41) is 7.03. The molecule has 12 aromatic rings. The quantitative estimate of drug-likeness (QED) is 0.177. The molecule has 0 aliphatic rings. The van der Waals surface area contributed by atoms with Gasteiger partial charge in [0.15, 0.2) is 5.82 Å². The Balaban J connectivity index is 1.18. The van der Waals surface area contributed by atoms with E-state index in [4.69, 9.17) is 14.4 Å². The van der Waals surface area contributed by atoms with Crippen molar-refractivity contribution in [3.63, 3.8) is 0 Å². The Labute approximate surface area is 327 Å². The Morgan fingerprint density at radius 2 is 0.860 bits per heavy atom. The molecule has 57 heavy (non-hydrogen) atoms. The first-order chi connectivity index (χ1) is 28.3. The zero-order chi connectivity index (χ0) is 37.5. The number of para-hydroxylation sites is 3. The van der Waals surface area contributed by atoms with Crippen LogP contribution in [0.15, 0.2) is 199 Å². The molecule has 0 amide bonds. The average molecular weight is 729 g/mol. The van der Waals surface area contributed by atoms with Crippen molar-refractivity contribution < 1.29 is 4.42 Å². The summed E-state index contributed by atoms with van der Waals surface area (Å²) in [6.45, 7) is 0. The molecule has 0 atom stereocenters. The predicted octanol–water partition coefficient (Wildman–Crippen LogP) is 13.6. The van der Waals surface area contributed by atoms with Crippen LogP contribution in [0.1, 0.15) is 0 Å². The van der Waals surface area contributed by atoms with Gasteiger partial charge in [0, 0.05) is 60.4 Å². The van der Waals surface area contributed by atoms with Crippen molar-refractivity contribution in [1.29, 1.82) is 0 Å². The van der Waals surface area contributed by atoms with Crippen LogP contribution in [-0.4, -0.2) is 19.1 Å². The molecule has 0 radical (unpaired) electrons. The first-order valence-corrected chi connectivity index (χ1v) is 19.3. The first kappa shape index (κ1) is 31.6. The fourth-order valence-electron chi connectivity index (χ4n) is 8.87. The number of hydrogen-bond acceptors (Lipinski definition) is 3. The van der Waals surface area contributed by atoms with E-state index in [0.29, 0.717) is 5.82 Å². The van der Waals surface area contributed by atoms with E-state index < -0.39 is 0 Å². The van der Waals surface area contributed by atoms with Crippen molar-refractivity contribution in [2.24, 2.45) is 0 Å². The molecular weight excluding hydrogens is 697 g/mol. The molecule has 0 unspecified atom stereocenters. The van der Waals surface area contributed by atoms with Crippen LogP contribution in [-0.2, 0) is 0 Å². The fourth-order valence-corrected chi connectivity index (χ4v) is 8.87. The lowest BCUT2D eigenvalue weighted by molar-refractivity contribution is 0.669. The summed E-state index contributed by atoms with van der Waals surface area (Å²) in [7, 11) is 0. The van der Waals surface area contributed by atoms with Gasteiger partial charge in [-0.3, -0.25) is 0 Å². The number of fused-ring (bicyclic) bond motifs is 11. The van der Waals surface area contributed by atoms with E-state index in [1.807, 2.05) is 18.2 Å². The van der Waals surface area contributed by atoms with Crippen LogP contribution >= 0.6 is 0 Å². The molecule has 4 heterocycles. The molecule has 5 heteroatoms. The van der Waals surface area contributed by atoms with Crippen LogP contribution < -0.4 is 0 Å². The van der Waals surface area contributed by atoms with Gasteiger partial charge in [-0.1, -0.05) is 127 Å². The van der Waals surface area contributed by atoms with Crippen LogP contribution in [0.3, 0.4) is 0 Å². The Morgan fingerprint density at radius 3 is 1.58 bits per heavy atom. The largest absolute Gasteiger partial charge is 0.456 e. The maximum atomic E-state index is 6.54. The van der Waals surface area contributed by atoms with Crippen LogP contribution in [0, 0.1) is 0 Å². The summed E-state index contributed by atoms with van der Waals surface area (Å²) < 4.78 is 11.3. The number of hydrogen-bond donors (Lipinski definition) is 0. The van der Waals surface area contributed by atoms with Crippen molar-refractivity contribution >= 4 is 65.6 Å². The first-order valence-electron chi connectivity index (χ1n) is 19.3. The van der Waals surface area contributed by atoms with Crippen LogP contribution in [0.2, 0.25) is 0 Å². The van der Waals surface area contributed by atoms with E-state index in [-0.39, 0.29) is 0 Å². The van der Waals surface area contributed by atoms with Crippen molar-refractivity contribution in [2.75, 3.05) is 0 Å². The molecule has 266 valence electrons. The highest BCUT2D eigenvalue weighted by Crippen LogP contribution is 2.46. The number of aromatic nitrogens is 4. The van der Waals surface area contributed by atoms with Crippen LogP contribution in [0.4, 0.5) is 0 Å². The van der Waals surface area contributed by atoms with Gasteiger partial charge in [-0.25, -0.2) is 9.97 Å². The highest BCUT2D eigenvalue weighted by atomic mass is 16.3. The molecule has 5 nitrogen and oxygen atoms in total. The third kappa shape index (κ3) is 4.82. The minimum Gasteiger partial charge on any atom is -0.456 e. The maximum Gasteiger partial charge on any atom is 0.160 e. The van der Waals surface area contributed by atoms with E-state index in [2.05, 4.69) is 185 Å². The highest BCUT2D eigenvalue weighted by molar-refractivity contribution is 6.35. The standard InChI is InChI=1S/C52H32N4O/c1-4-15-33(16-5-1)40-32-41(34-17-6-2-7-18-34)54-52(53-40)35-19-14-22-37(31-35)56-44-28-27-43-48(38-23-10-12-25-42(38)55(43)36-20-8-3-9-21-36)50(44)51-45(56)29-30-47-49(51)39-24-11-13-26-46(39)57-47/h1-32H. The minimum absolute atomic E-state index is 0.675. The van der Waals surface area contributed by atoms with Gasteiger partial charge in [-0.05, 0) is 66.7 Å². The lowest BCUT2D eigenvalue weighted by Crippen LogP contribution is -1.98. The van der Waals surface area contributed by atoms with Crippen molar-refractivity contribution in [3.8, 4) is 45.3 Å². The second-order valence-corrected chi connectivity index (χ2v) is 14.6. The molecule has 0 spiro atoms. The van der Waals surface area contributed by atoms with Gasteiger partial charge in [0.25, 0.3) is 0 Å². The fraction of sp³-hybridized carbons (Fsp3) is 0. The van der Waals surface area contributed by atoms with Crippen molar-refractivity contribution in [2.45, 2.75) is 0 Å².